The van der Waals surface area contributed by atoms with Gasteiger partial charge in [-0.1, -0.05) is 12.1 Å². The van der Waals surface area contributed by atoms with Gasteiger partial charge in [-0.3, -0.25) is 0 Å². The summed E-state index contributed by atoms with van der Waals surface area (Å²) in [6.07, 6.45) is 2.44. The molecule has 0 aliphatic heterocycles. The van der Waals surface area contributed by atoms with Gasteiger partial charge in [-0.25, -0.2) is 0 Å². The number of rotatable bonds is 3. The summed E-state index contributed by atoms with van der Waals surface area (Å²) in [5.41, 5.74) is 8.87. The number of methoxy groups -OCH3 is 1. The Morgan fingerprint density at radius 1 is 1.40 bits per heavy atom. The Morgan fingerprint density at radius 2 is 2.07 bits per heavy atom. The predicted molar refractivity (Wildman–Crippen MR) is 62.3 cm³/mol. The number of benzene rings is 1. The molecule has 1 fully saturated rings. The highest BCUT2D eigenvalue weighted by molar-refractivity contribution is 5.42. The van der Waals surface area contributed by atoms with Gasteiger partial charge < -0.3 is 10.5 Å². The maximum absolute atomic E-state index is 6.05. The van der Waals surface area contributed by atoms with Crippen LogP contribution >= 0.6 is 0 Å². The summed E-state index contributed by atoms with van der Waals surface area (Å²) in [4.78, 5) is 0. The molecule has 1 aromatic rings. The van der Waals surface area contributed by atoms with Crippen LogP contribution in [0.5, 0.6) is 5.75 Å². The minimum absolute atomic E-state index is 0.241. The first-order valence-electron chi connectivity index (χ1n) is 5.51. The molecule has 1 aliphatic rings. The molecule has 0 aromatic heterocycles. The van der Waals surface area contributed by atoms with E-state index in [0.717, 1.165) is 5.75 Å². The van der Waals surface area contributed by atoms with E-state index in [-0.39, 0.29) is 11.5 Å². The highest BCUT2D eigenvalue weighted by Gasteiger charge is 2.47. The van der Waals surface area contributed by atoms with E-state index in [9.17, 15) is 0 Å². The van der Waals surface area contributed by atoms with Gasteiger partial charge in [-0.05, 0) is 43.9 Å². The topological polar surface area (TPSA) is 35.2 Å². The molecule has 1 unspecified atom stereocenters. The van der Waals surface area contributed by atoms with Gasteiger partial charge in [0.15, 0.2) is 0 Å². The average Bonchev–Trinajstić information content (AvgIpc) is 2.98. The van der Waals surface area contributed by atoms with Crippen molar-refractivity contribution in [1.82, 2.24) is 0 Å². The maximum atomic E-state index is 6.05. The fourth-order valence-electron chi connectivity index (χ4n) is 2.33. The fraction of sp³-hybridized carbons (Fsp3) is 0.538. The van der Waals surface area contributed by atoms with Crippen molar-refractivity contribution in [2.75, 3.05) is 7.11 Å². The van der Waals surface area contributed by atoms with Crippen LogP contribution in [0.4, 0.5) is 0 Å². The quantitative estimate of drug-likeness (QED) is 0.822. The SMILES string of the molecule is COc1ccc(C2(C(C)N)CC2)cc1C. The van der Waals surface area contributed by atoms with Gasteiger partial charge in [0.1, 0.15) is 5.75 Å². The van der Waals surface area contributed by atoms with E-state index in [0.29, 0.717) is 0 Å². The summed E-state index contributed by atoms with van der Waals surface area (Å²) in [5, 5.41) is 0. The molecule has 0 radical (unpaired) electrons. The summed E-state index contributed by atoms with van der Waals surface area (Å²) >= 11 is 0. The lowest BCUT2D eigenvalue weighted by molar-refractivity contribution is 0.411. The van der Waals surface area contributed by atoms with Crippen molar-refractivity contribution in [3.05, 3.63) is 29.3 Å². The van der Waals surface area contributed by atoms with Gasteiger partial charge in [0.25, 0.3) is 0 Å². The van der Waals surface area contributed by atoms with Gasteiger partial charge in [-0.15, -0.1) is 0 Å². The molecular formula is C13H19NO. The van der Waals surface area contributed by atoms with Crippen molar-refractivity contribution in [3.8, 4) is 5.75 Å². The summed E-state index contributed by atoms with van der Waals surface area (Å²) < 4.78 is 5.26. The average molecular weight is 205 g/mol. The molecule has 82 valence electrons. The first kappa shape index (κ1) is 10.5. The van der Waals surface area contributed by atoms with Crippen LogP contribution in [0.2, 0.25) is 0 Å². The predicted octanol–water partition coefficient (Wildman–Crippen LogP) is 2.38. The van der Waals surface area contributed by atoms with E-state index in [1.54, 1.807) is 7.11 Å². The lowest BCUT2D eigenvalue weighted by Crippen LogP contribution is -2.31. The normalized spacial score (nSPS) is 19.7. The van der Waals surface area contributed by atoms with E-state index >= 15 is 0 Å². The van der Waals surface area contributed by atoms with Crippen molar-refractivity contribution in [2.45, 2.75) is 38.1 Å². The van der Waals surface area contributed by atoms with Crippen molar-refractivity contribution >= 4 is 0 Å². The van der Waals surface area contributed by atoms with Crippen LogP contribution in [0, 0.1) is 6.92 Å². The van der Waals surface area contributed by atoms with E-state index in [1.807, 2.05) is 6.07 Å². The molecule has 1 aromatic carbocycles. The molecule has 15 heavy (non-hydrogen) atoms. The molecule has 2 rings (SSSR count). The van der Waals surface area contributed by atoms with Crippen LogP contribution in [-0.2, 0) is 5.41 Å². The van der Waals surface area contributed by atoms with Crippen LogP contribution in [0.3, 0.4) is 0 Å². The summed E-state index contributed by atoms with van der Waals surface area (Å²) in [6, 6.07) is 6.66. The van der Waals surface area contributed by atoms with Gasteiger partial charge >= 0.3 is 0 Å². The zero-order chi connectivity index (χ0) is 11.1. The maximum Gasteiger partial charge on any atom is 0.121 e. The standard InChI is InChI=1S/C13H19NO/c1-9-8-11(4-5-12(9)15-3)13(6-7-13)10(2)14/h4-5,8,10H,6-7,14H2,1-3H3. The van der Waals surface area contributed by atoms with E-state index in [2.05, 4.69) is 26.0 Å². The third kappa shape index (κ3) is 1.63. The Kier molecular flexibility index (Phi) is 2.47. The number of hydrogen-bond acceptors (Lipinski definition) is 2. The fourth-order valence-corrected chi connectivity index (χ4v) is 2.33. The second kappa shape index (κ2) is 3.53. The van der Waals surface area contributed by atoms with Crippen LogP contribution in [0.25, 0.3) is 0 Å². The third-order valence-electron chi connectivity index (χ3n) is 3.63. The first-order chi connectivity index (χ1) is 7.10. The van der Waals surface area contributed by atoms with Gasteiger partial charge in [0, 0.05) is 11.5 Å². The van der Waals surface area contributed by atoms with Gasteiger partial charge in [0.2, 0.25) is 0 Å². The molecule has 0 spiro atoms. The van der Waals surface area contributed by atoms with Crippen LogP contribution in [0.1, 0.15) is 30.9 Å². The highest BCUT2D eigenvalue weighted by atomic mass is 16.5. The lowest BCUT2D eigenvalue weighted by Gasteiger charge is -2.21. The zero-order valence-corrected chi connectivity index (χ0v) is 9.71. The molecule has 2 nitrogen and oxygen atoms in total. The summed E-state index contributed by atoms with van der Waals surface area (Å²) in [5.74, 6) is 0.958. The summed E-state index contributed by atoms with van der Waals surface area (Å²) in [6.45, 7) is 4.19. The second-order valence-corrected chi connectivity index (χ2v) is 4.63. The van der Waals surface area contributed by atoms with E-state index < -0.39 is 0 Å². The Labute approximate surface area is 91.4 Å². The number of nitrogens with two attached hydrogens (primary N) is 1. The van der Waals surface area contributed by atoms with E-state index in [1.165, 1.54) is 24.0 Å². The number of aryl methyl sites for hydroxylation is 1. The van der Waals surface area contributed by atoms with Crippen LogP contribution in [-0.4, -0.2) is 13.2 Å². The monoisotopic (exact) mass is 205 g/mol. The minimum Gasteiger partial charge on any atom is -0.496 e. The molecule has 2 N–H and O–H groups in total. The smallest absolute Gasteiger partial charge is 0.121 e. The Morgan fingerprint density at radius 3 is 2.47 bits per heavy atom. The minimum atomic E-state index is 0.241. The highest BCUT2D eigenvalue weighted by Crippen LogP contribution is 2.50. The molecule has 1 atom stereocenters. The molecule has 0 bridgehead atoms. The largest absolute Gasteiger partial charge is 0.496 e. The molecular weight excluding hydrogens is 186 g/mol. The Hall–Kier alpha value is -1.02. The number of hydrogen-bond donors (Lipinski definition) is 1. The zero-order valence-electron chi connectivity index (χ0n) is 9.71. The van der Waals surface area contributed by atoms with E-state index in [4.69, 9.17) is 10.5 Å². The molecule has 0 saturated heterocycles. The van der Waals surface area contributed by atoms with Crippen molar-refractivity contribution in [3.63, 3.8) is 0 Å². The first-order valence-corrected chi connectivity index (χ1v) is 5.51. The Bertz CT molecular complexity index is 367. The van der Waals surface area contributed by atoms with Crippen molar-refractivity contribution < 1.29 is 4.74 Å². The molecule has 0 amide bonds. The van der Waals surface area contributed by atoms with Crippen molar-refractivity contribution in [1.29, 1.82) is 0 Å². The summed E-state index contributed by atoms with van der Waals surface area (Å²) in [7, 11) is 1.71. The van der Waals surface area contributed by atoms with Crippen LogP contribution < -0.4 is 10.5 Å². The second-order valence-electron chi connectivity index (χ2n) is 4.63. The van der Waals surface area contributed by atoms with Crippen molar-refractivity contribution in [2.24, 2.45) is 5.73 Å². The van der Waals surface area contributed by atoms with Gasteiger partial charge in [-0.2, -0.15) is 0 Å². The molecule has 1 aliphatic carbocycles. The van der Waals surface area contributed by atoms with Crippen LogP contribution in [0.15, 0.2) is 18.2 Å². The number of ether oxygens (including phenoxy) is 1. The molecule has 2 heteroatoms. The third-order valence-corrected chi connectivity index (χ3v) is 3.63. The lowest BCUT2D eigenvalue weighted by atomic mass is 9.88. The Balaban J connectivity index is 2.35. The molecule has 0 heterocycles. The van der Waals surface area contributed by atoms with Gasteiger partial charge in [0.05, 0.1) is 7.11 Å². The molecule has 1 saturated carbocycles.